The number of hydrogen-bond donors (Lipinski definition) is 0. The number of rotatable bonds is 3. The molecule has 2 heterocycles. The first-order valence-corrected chi connectivity index (χ1v) is 8.48. The van der Waals surface area contributed by atoms with Crippen molar-refractivity contribution in [2.75, 3.05) is 31.1 Å². The van der Waals surface area contributed by atoms with Gasteiger partial charge in [-0.3, -0.25) is 4.90 Å². The van der Waals surface area contributed by atoms with Crippen molar-refractivity contribution in [2.45, 2.75) is 18.7 Å². The Morgan fingerprint density at radius 2 is 1.83 bits per heavy atom. The molecule has 0 bridgehead atoms. The quantitative estimate of drug-likeness (QED) is 0.872. The fourth-order valence-corrected chi connectivity index (χ4v) is 3.73. The van der Waals surface area contributed by atoms with Crippen LogP contribution in [0.25, 0.3) is 0 Å². The molecule has 2 aliphatic heterocycles. The van der Waals surface area contributed by atoms with E-state index in [0.29, 0.717) is 11.6 Å². The molecule has 0 aromatic heterocycles. The van der Waals surface area contributed by atoms with E-state index in [1.165, 1.54) is 11.3 Å². The van der Waals surface area contributed by atoms with Crippen LogP contribution in [-0.2, 0) is 11.3 Å². The number of morpholine rings is 1. The number of anilines is 1. The van der Waals surface area contributed by atoms with E-state index in [1.807, 2.05) is 24.3 Å². The third kappa shape index (κ3) is 3.01. The van der Waals surface area contributed by atoms with Crippen LogP contribution in [0.3, 0.4) is 0 Å². The van der Waals surface area contributed by atoms with Crippen LogP contribution in [0.15, 0.2) is 54.6 Å². The average Bonchev–Trinajstić information content (AvgIpc) is 3.08. The van der Waals surface area contributed by atoms with Gasteiger partial charge >= 0.3 is 0 Å². The highest BCUT2D eigenvalue weighted by molar-refractivity contribution is 5.51. The van der Waals surface area contributed by atoms with Crippen molar-refractivity contribution in [3.8, 4) is 6.07 Å². The lowest BCUT2D eigenvalue weighted by atomic mass is 10.1. The summed E-state index contributed by atoms with van der Waals surface area (Å²) >= 11 is 0. The maximum Gasteiger partial charge on any atom is 0.0991 e. The van der Waals surface area contributed by atoms with E-state index in [1.54, 1.807) is 0 Å². The monoisotopic (exact) mass is 319 g/mol. The van der Waals surface area contributed by atoms with Gasteiger partial charge in [0.1, 0.15) is 0 Å². The van der Waals surface area contributed by atoms with Crippen molar-refractivity contribution in [3.05, 3.63) is 65.7 Å². The molecule has 2 saturated heterocycles. The van der Waals surface area contributed by atoms with Gasteiger partial charge in [0.05, 0.1) is 30.4 Å². The number of hydrogen-bond acceptors (Lipinski definition) is 4. The van der Waals surface area contributed by atoms with E-state index in [-0.39, 0.29) is 6.10 Å². The summed E-state index contributed by atoms with van der Waals surface area (Å²) in [6, 6.07) is 21.1. The topological polar surface area (TPSA) is 39.5 Å². The van der Waals surface area contributed by atoms with Gasteiger partial charge in [-0.2, -0.15) is 5.26 Å². The number of fused-ring (bicyclic) bond motifs is 1. The summed E-state index contributed by atoms with van der Waals surface area (Å²) in [7, 11) is 0. The van der Waals surface area contributed by atoms with Gasteiger partial charge in [-0.05, 0) is 29.8 Å². The van der Waals surface area contributed by atoms with Crippen LogP contribution in [-0.4, -0.2) is 43.3 Å². The summed E-state index contributed by atoms with van der Waals surface area (Å²) in [5.41, 5.74) is 3.24. The van der Waals surface area contributed by atoms with Crippen LogP contribution in [0.2, 0.25) is 0 Å². The molecule has 4 heteroatoms. The molecule has 2 aromatic rings. The molecule has 24 heavy (non-hydrogen) atoms. The molecule has 0 amide bonds. The lowest BCUT2D eigenvalue weighted by Crippen LogP contribution is -2.50. The molecule has 0 aliphatic carbocycles. The van der Waals surface area contributed by atoms with Crippen LogP contribution < -0.4 is 4.90 Å². The third-order valence-corrected chi connectivity index (χ3v) is 5.01. The summed E-state index contributed by atoms with van der Waals surface area (Å²) in [5, 5.41) is 8.95. The maximum absolute atomic E-state index is 8.95. The Morgan fingerprint density at radius 3 is 2.58 bits per heavy atom. The van der Waals surface area contributed by atoms with Crippen LogP contribution >= 0.6 is 0 Å². The summed E-state index contributed by atoms with van der Waals surface area (Å²) in [5.74, 6) is 0. The predicted molar refractivity (Wildman–Crippen MR) is 93.8 cm³/mol. The Labute approximate surface area is 142 Å². The largest absolute Gasteiger partial charge is 0.373 e. The lowest BCUT2D eigenvalue weighted by molar-refractivity contribution is -0.0499. The third-order valence-electron chi connectivity index (χ3n) is 5.01. The molecule has 2 aliphatic rings. The van der Waals surface area contributed by atoms with Gasteiger partial charge in [-0.25, -0.2) is 0 Å². The Kier molecular flexibility index (Phi) is 4.20. The first kappa shape index (κ1) is 15.2. The minimum absolute atomic E-state index is 0.262. The zero-order valence-corrected chi connectivity index (χ0v) is 13.6. The van der Waals surface area contributed by atoms with Gasteiger partial charge in [0.2, 0.25) is 0 Å². The van der Waals surface area contributed by atoms with Crippen molar-refractivity contribution in [3.63, 3.8) is 0 Å². The van der Waals surface area contributed by atoms with Gasteiger partial charge < -0.3 is 9.64 Å². The lowest BCUT2D eigenvalue weighted by Gasteiger charge is -2.36. The van der Waals surface area contributed by atoms with Gasteiger partial charge in [0, 0.05) is 31.9 Å². The minimum atomic E-state index is 0.262. The van der Waals surface area contributed by atoms with Crippen LogP contribution in [0.1, 0.15) is 11.1 Å². The molecule has 2 aromatic carbocycles. The van der Waals surface area contributed by atoms with Crippen LogP contribution in [0.4, 0.5) is 5.69 Å². The normalized spacial score (nSPS) is 23.7. The highest BCUT2D eigenvalue weighted by atomic mass is 16.5. The first-order chi connectivity index (χ1) is 11.8. The summed E-state index contributed by atoms with van der Waals surface area (Å²) in [6.45, 7) is 4.66. The molecule has 2 atom stereocenters. The predicted octanol–water partition coefficient (Wildman–Crippen LogP) is 2.65. The van der Waals surface area contributed by atoms with Crippen molar-refractivity contribution in [1.82, 2.24) is 4.90 Å². The molecule has 4 rings (SSSR count). The molecule has 0 saturated carbocycles. The SMILES string of the molecule is N#Cc1ccc(N2CC3OCCN(Cc4ccccc4)C3C2)cc1. The van der Waals surface area contributed by atoms with E-state index in [9.17, 15) is 0 Å². The van der Waals surface area contributed by atoms with Gasteiger partial charge in [0.25, 0.3) is 0 Å². The minimum Gasteiger partial charge on any atom is -0.373 e. The fourth-order valence-electron chi connectivity index (χ4n) is 3.73. The zero-order valence-electron chi connectivity index (χ0n) is 13.6. The van der Waals surface area contributed by atoms with Gasteiger partial charge in [-0.1, -0.05) is 30.3 Å². The molecule has 0 N–H and O–H groups in total. The smallest absolute Gasteiger partial charge is 0.0991 e. The molecule has 122 valence electrons. The molecule has 2 unspecified atom stereocenters. The van der Waals surface area contributed by atoms with Crippen molar-refractivity contribution >= 4 is 5.69 Å². The van der Waals surface area contributed by atoms with Crippen LogP contribution in [0, 0.1) is 11.3 Å². The van der Waals surface area contributed by atoms with Crippen molar-refractivity contribution < 1.29 is 4.74 Å². The van der Waals surface area contributed by atoms with Crippen molar-refractivity contribution in [1.29, 1.82) is 5.26 Å². The molecule has 0 radical (unpaired) electrons. The highest BCUT2D eigenvalue weighted by Gasteiger charge is 2.40. The molecule has 2 fully saturated rings. The molecular formula is C20H21N3O. The summed E-state index contributed by atoms with van der Waals surface area (Å²) < 4.78 is 6.03. The summed E-state index contributed by atoms with van der Waals surface area (Å²) in [4.78, 5) is 4.92. The zero-order chi connectivity index (χ0) is 16.4. The van der Waals surface area contributed by atoms with Gasteiger partial charge in [-0.15, -0.1) is 0 Å². The van der Waals surface area contributed by atoms with E-state index in [0.717, 1.165) is 32.8 Å². The molecule has 4 nitrogen and oxygen atoms in total. The van der Waals surface area contributed by atoms with E-state index >= 15 is 0 Å². The maximum atomic E-state index is 8.95. The van der Waals surface area contributed by atoms with E-state index in [2.05, 4.69) is 46.2 Å². The van der Waals surface area contributed by atoms with E-state index in [4.69, 9.17) is 10.00 Å². The molecule has 0 spiro atoms. The second kappa shape index (κ2) is 6.64. The molecular weight excluding hydrogens is 298 g/mol. The number of nitrogens with zero attached hydrogens (tertiary/aromatic N) is 3. The second-order valence-corrected chi connectivity index (χ2v) is 6.50. The Bertz CT molecular complexity index is 723. The van der Waals surface area contributed by atoms with Gasteiger partial charge in [0.15, 0.2) is 0 Å². The van der Waals surface area contributed by atoms with Crippen molar-refractivity contribution in [2.24, 2.45) is 0 Å². The second-order valence-electron chi connectivity index (χ2n) is 6.50. The Balaban J connectivity index is 1.48. The van der Waals surface area contributed by atoms with Crippen LogP contribution in [0.5, 0.6) is 0 Å². The number of nitriles is 1. The average molecular weight is 319 g/mol. The Hall–Kier alpha value is -2.35. The highest BCUT2D eigenvalue weighted by Crippen LogP contribution is 2.28. The summed E-state index contributed by atoms with van der Waals surface area (Å²) in [6.07, 6.45) is 0.262. The number of ether oxygens (including phenoxy) is 1. The standard InChI is InChI=1S/C20H21N3O/c21-12-16-6-8-18(9-7-16)23-14-19-20(15-23)24-11-10-22(19)13-17-4-2-1-3-5-17/h1-9,19-20H,10-11,13-15H2. The number of benzene rings is 2. The Morgan fingerprint density at radius 1 is 1.04 bits per heavy atom. The first-order valence-electron chi connectivity index (χ1n) is 8.48. The fraction of sp³-hybridized carbons (Fsp3) is 0.350. The van der Waals surface area contributed by atoms with E-state index < -0.39 is 0 Å².